The van der Waals surface area contributed by atoms with E-state index in [1.54, 1.807) is 6.20 Å². The number of rotatable bonds is 3. The summed E-state index contributed by atoms with van der Waals surface area (Å²) < 4.78 is 0. The number of carbonyl (C=O) groups excluding carboxylic acids is 1. The standard InChI is InChI=1S/C17H21N3O/c18-12-17(9-2-1-3-10-17)16(21)20-15-8-4-7-14-13(15)6-5-11-19-14/h4-8,11H,1-3,9-10,12,18H2,(H,20,21). The van der Waals surface area contributed by atoms with Crippen molar-refractivity contribution in [3.05, 3.63) is 36.5 Å². The molecule has 0 atom stereocenters. The molecule has 0 bridgehead atoms. The molecule has 110 valence electrons. The molecule has 3 N–H and O–H groups in total. The second kappa shape index (κ2) is 5.82. The Kier molecular flexibility index (Phi) is 3.88. The number of carbonyl (C=O) groups is 1. The normalized spacial score (nSPS) is 17.6. The molecule has 1 saturated carbocycles. The first-order chi connectivity index (χ1) is 10.2. The Morgan fingerprint density at radius 3 is 2.76 bits per heavy atom. The van der Waals surface area contributed by atoms with E-state index in [9.17, 15) is 4.79 Å². The van der Waals surface area contributed by atoms with Crippen LogP contribution in [0.25, 0.3) is 10.9 Å². The maximum Gasteiger partial charge on any atom is 0.231 e. The molecule has 0 aliphatic heterocycles. The zero-order valence-electron chi connectivity index (χ0n) is 12.1. The van der Waals surface area contributed by atoms with Gasteiger partial charge in [-0.25, -0.2) is 0 Å². The summed E-state index contributed by atoms with van der Waals surface area (Å²) in [5.74, 6) is 0.0565. The van der Waals surface area contributed by atoms with Crippen LogP contribution in [-0.4, -0.2) is 17.4 Å². The van der Waals surface area contributed by atoms with Gasteiger partial charge in [0.15, 0.2) is 0 Å². The second-order valence-electron chi connectivity index (χ2n) is 5.87. The summed E-state index contributed by atoms with van der Waals surface area (Å²) in [6.45, 7) is 0.419. The highest BCUT2D eigenvalue weighted by atomic mass is 16.2. The van der Waals surface area contributed by atoms with Gasteiger partial charge in [0.25, 0.3) is 0 Å². The molecule has 21 heavy (non-hydrogen) atoms. The fourth-order valence-corrected chi connectivity index (χ4v) is 3.22. The molecule has 1 heterocycles. The quantitative estimate of drug-likeness (QED) is 0.909. The highest BCUT2D eigenvalue weighted by Crippen LogP contribution is 2.37. The molecular formula is C17H21N3O. The predicted molar refractivity (Wildman–Crippen MR) is 84.9 cm³/mol. The number of nitrogens with zero attached hydrogens (tertiary/aromatic N) is 1. The van der Waals surface area contributed by atoms with Crippen LogP contribution in [0.5, 0.6) is 0 Å². The first kappa shape index (κ1) is 14.0. The van der Waals surface area contributed by atoms with E-state index in [0.29, 0.717) is 6.54 Å². The maximum absolute atomic E-state index is 12.8. The molecule has 0 saturated heterocycles. The fraction of sp³-hybridized carbons (Fsp3) is 0.412. The molecule has 0 spiro atoms. The van der Waals surface area contributed by atoms with Crippen LogP contribution >= 0.6 is 0 Å². The summed E-state index contributed by atoms with van der Waals surface area (Å²) in [7, 11) is 0. The van der Waals surface area contributed by atoms with Crippen molar-refractivity contribution in [1.29, 1.82) is 0 Å². The van der Waals surface area contributed by atoms with Gasteiger partial charge in [0, 0.05) is 18.1 Å². The van der Waals surface area contributed by atoms with Crippen LogP contribution in [0.2, 0.25) is 0 Å². The average molecular weight is 283 g/mol. The lowest BCUT2D eigenvalue weighted by Gasteiger charge is -2.34. The van der Waals surface area contributed by atoms with Gasteiger partial charge < -0.3 is 11.1 Å². The van der Waals surface area contributed by atoms with Crippen LogP contribution in [0.1, 0.15) is 32.1 Å². The van der Waals surface area contributed by atoms with Crippen molar-refractivity contribution in [1.82, 2.24) is 4.98 Å². The molecule has 1 fully saturated rings. The summed E-state index contributed by atoms with van der Waals surface area (Å²) in [6.07, 6.45) is 6.91. The first-order valence-electron chi connectivity index (χ1n) is 7.60. The van der Waals surface area contributed by atoms with E-state index < -0.39 is 5.41 Å². The van der Waals surface area contributed by atoms with Crippen molar-refractivity contribution in [3.63, 3.8) is 0 Å². The van der Waals surface area contributed by atoms with E-state index in [-0.39, 0.29) is 5.91 Å². The Balaban J connectivity index is 1.89. The maximum atomic E-state index is 12.8. The lowest BCUT2D eigenvalue weighted by Crippen LogP contribution is -2.43. The van der Waals surface area contributed by atoms with Crippen LogP contribution in [0.15, 0.2) is 36.5 Å². The van der Waals surface area contributed by atoms with Gasteiger partial charge in [-0.1, -0.05) is 25.3 Å². The van der Waals surface area contributed by atoms with Crippen LogP contribution in [0.4, 0.5) is 5.69 Å². The Bertz CT molecular complexity index is 642. The van der Waals surface area contributed by atoms with Gasteiger partial charge in [0.2, 0.25) is 5.91 Å². The molecular weight excluding hydrogens is 262 g/mol. The summed E-state index contributed by atoms with van der Waals surface area (Å²) in [6, 6.07) is 9.66. The molecule has 1 aliphatic rings. The van der Waals surface area contributed by atoms with E-state index in [1.807, 2.05) is 30.3 Å². The van der Waals surface area contributed by atoms with E-state index in [2.05, 4.69) is 10.3 Å². The van der Waals surface area contributed by atoms with E-state index >= 15 is 0 Å². The molecule has 1 aromatic heterocycles. The van der Waals surface area contributed by atoms with Gasteiger partial charge in [0.05, 0.1) is 16.6 Å². The van der Waals surface area contributed by atoms with E-state index in [4.69, 9.17) is 5.73 Å². The number of aromatic nitrogens is 1. The molecule has 3 rings (SSSR count). The van der Waals surface area contributed by atoms with Gasteiger partial charge in [-0.2, -0.15) is 0 Å². The minimum atomic E-state index is -0.400. The van der Waals surface area contributed by atoms with Crippen molar-refractivity contribution < 1.29 is 4.79 Å². The third kappa shape index (κ3) is 2.63. The minimum Gasteiger partial charge on any atom is -0.329 e. The third-order valence-electron chi connectivity index (χ3n) is 4.58. The molecule has 2 aromatic rings. The topological polar surface area (TPSA) is 68.0 Å². The Labute approximate surface area is 124 Å². The summed E-state index contributed by atoms with van der Waals surface area (Å²) in [5.41, 5.74) is 7.24. The zero-order chi connectivity index (χ0) is 14.7. The number of anilines is 1. The molecule has 1 aromatic carbocycles. The van der Waals surface area contributed by atoms with Crippen molar-refractivity contribution in [2.45, 2.75) is 32.1 Å². The molecule has 4 nitrogen and oxygen atoms in total. The Morgan fingerprint density at radius 1 is 1.19 bits per heavy atom. The smallest absolute Gasteiger partial charge is 0.231 e. The van der Waals surface area contributed by atoms with Gasteiger partial charge in [-0.3, -0.25) is 9.78 Å². The number of amides is 1. The van der Waals surface area contributed by atoms with Crippen LogP contribution in [0.3, 0.4) is 0 Å². The van der Waals surface area contributed by atoms with Gasteiger partial charge in [-0.05, 0) is 37.1 Å². The van der Waals surface area contributed by atoms with Gasteiger partial charge in [-0.15, -0.1) is 0 Å². The number of benzene rings is 1. The van der Waals surface area contributed by atoms with Crippen molar-refractivity contribution in [2.24, 2.45) is 11.1 Å². The lowest BCUT2D eigenvalue weighted by molar-refractivity contribution is -0.126. The van der Waals surface area contributed by atoms with E-state index in [1.165, 1.54) is 6.42 Å². The number of pyridine rings is 1. The SMILES string of the molecule is NCC1(C(=O)Nc2cccc3ncccc23)CCCCC1. The van der Waals surface area contributed by atoms with Crippen LogP contribution in [0, 0.1) is 5.41 Å². The van der Waals surface area contributed by atoms with Crippen LogP contribution in [-0.2, 0) is 4.79 Å². The number of nitrogens with one attached hydrogen (secondary N) is 1. The molecule has 1 amide bonds. The van der Waals surface area contributed by atoms with Gasteiger partial charge in [0.1, 0.15) is 0 Å². The summed E-state index contributed by atoms with van der Waals surface area (Å²) in [5, 5.41) is 4.06. The highest BCUT2D eigenvalue weighted by Gasteiger charge is 2.38. The molecule has 0 unspecified atom stereocenters. The highest BCUT2D eigenvalue weighted by molar-refractivity contribution is 6.03. The minimum absolute atomic E-state index is 0.0565. The Morgan fingerprint density at radius 2 is 2.00 bits per heavy atom. The monoisotopic (exact) mass is 283 g/mol. The number of hydrogen-bond donors (Lipinski definition) is 2. The number of fused-ring (bicyclic) bond motifs is 1. The number of nitrogens with two attached hydrogens (primary N) is 1. The third-order valence-corrected chi connectivity index (χ3v) is 4.58. The predicted octanol–water partition coefficient (Wildman–Crippen LogP) is 3.08. The second-order valence-corrected chi connectivity index (χ2v) is 5.87. The Hall–Kier alpha value is -1.94. The van der Waals surface area contributed by atoms with Crippen molar-refractivity contribution in [3.8, 4) is 0 Å². The summed E-state index contributed by atoms with van der Waals surface area (Å²) >= 11 is 0. The summed E-state index contributed by atoms with van der Waals surface area (Å²) in [4.78, 5) is 17.1. The van der Waals surface area contributed by atoms with Crippen molar-refractivity contribution >= 4 is 22.5 Å². The fourth-order valence-electron chi connectivity index (χ4n) is 3.22. The number of hydrogen-bond acceptors (Lipinski definition) is 3. The largest absolute Gasteiger partial charge is 0.329 e. The van der Waals surface area contributed by atoms with E-state index in [0.717, 1.165) is 42.3 Å². The van der Waals surface area contributed by atoms with Gasteiger partial charge >= 0.3 is 0 Å². The lowest BCUT2D eigenvalue weighted by atomic mass is 9.73. The zero-order valence-corrected chi connectivity index (χ0v) is 12.1. The molecule has 0 radical (unpaired) electrons. The molecule has 4 heteroatoms. The molecule has 1 aliphatic carbocycles. The van der Waals surface area contributed by atoms with Crippen LogP contribution < -0.4 is 11.1 Å². The van der Waals surface area contributed by atoms with Crippen molar-refractivity contribution in [2.75, 3.05) is 11.9 Å². The average Bonchev–Trinajstić information content (AvgIpc) is 2.56. The first-order valence-corrected chi connectivity index (χ1v) is 7.60.